The zero-order chi connectivity index (χ0) is 29.4. The number of hydrogen-bond donors (Lipinski definition) is 2. The number of fused-ring (bicyclic) bond motifs is 1. The molecule has 7 nitrogen and oxygen atoms in total. The van der Waals surface area contributed by atoms with Crippen molar-refractivity contribution in [2.45, 2.75) is 82.6 Å². The van der Waals surface area contributed by atoms with Gasteiger partial charge < -0.3 is 20.0 Å². The van der Waals surface area contributed by atoms with E-state index in [-0.39, 0.29) is 34.8 Å². The number of piperidine rings is 1. The second-order valence-corrected chi connectivity index (χ2v) is 11.9. The molecule has 2 heterocycles. The van der Waals surface area contributed by atoms with E-state index in [2.05, 4.69) is 15.6 Å². The average molecular weight is 581 g/mol. The van der Waals surface area contributed by atoms with Crippen LogP contribution in [0.3, 0.4) is 0 Å². The van der Waals surface area contributed by atoms with Gasteiger partial charge in [-0.3, -0.25) is 9.59 Å². The van der Waals surface area contributed by atoms with Gasteiger partial charge in [-0.2, -0.15) is 13.2 Å². The van der Waals surface area contributed by atoms with E-state index in [1.165, 1.54) is 44.6 Å². The van der Waals surface area contributed by atoms with E-state index in [9.17, 15) is 22.8 Å². The molecule has 2 aromatic carbocycles. The van der Waals surface area contributed by atoms with Crippen molar-refractivity contribution < 1.29 is 27.2 Å². The number of nitrogens with zero attached hydrogens (tertiary/aromatic N) is 2. The second-order valence-electron chi connectivity index (χ2n) is 11.9. The van der Waals surface area contributed by atoms with E-state index in [1.807, 2.05) is 24.3 Å². The average Bonchev–Trinajstić information content (AvgIpc) is 3.76. The van der Waals surface area contributed by atoms with Gasteiger partial charge in [0.25, 0.3) is 5.91 Å². The molecule has 4 unspecified atom stereocenters. The Morgan fingerprint density at radius 1 is 0.976 bits per heavy atom. The number of nitrogens with one attached hydrogen (secondary N) is 2. The van der Waals surface area contributed by atoms with Crippen molar-refractivity contribution in [3.05, 3.63) is 77.5 Å². The van der Waals surface area contributed by atoms with Gasteiger partial charge in [-0.1, -0.05) is 37.5 Å². The second kappa shape index (κ2) is 11.5. The third-order valence-electron chi connectivity index (χ3n) is 9.23. The highest BCUT2D eigenvalue weighted by molar-refractivity contribution is 5.96. The largest absolute Gasteiger partial charge is 0.451 e. The Kier molecular flexibility index (Phi) is 7.72. The standard InChI is InChI=1S/C32H35F3N4O3/c1-19-9-12-24(16-26(19)32(33,34)35)38-30(40)25-15-21-5-4-8-28(21)39(31(41)27-17-42-18-36-27)29(25)20-10-13-23(14-11-20)37-22-6-2-3-7-22/h9-14,16-18,21-22,25,28-29,37H,2-8,15H2,1H3,(H,38,40). The molecule has 3 fully saturated rings. The summed E-state index contributed by atoms with van der Waals surface area (Å²) in [5, 5.41) is 6.34. The number of amides is 2. The van der Waals surface area contributed by atoms with E-state index in [4.69, 9.17) is 4.42 Å². The van der Waals surface area contributed by atoms with Crippen molar-refractivity contribution in [1.29, 1.82) is 0 Å². The van der Waals surface area contributed by atoms with Crippen LogP contribution in [0.25, 0.3) is 0 Å². The molecule has 0 radical (unpaired) electrons. The van der Waals surface area contributed by atoms with Gasteiger partial charge in [0.05, 0.1) is 17.5 Å². The fourth-order valence-corrected chi connectivity index (χ4v) is 7.21. The summed E-state index contributed by atoms with van der Waals surface area (Å²) in [6.07, 6.45) is 5.81. The van der Waals surface area contributed by atoms with E-state index < -0.39 is 29.6 Å². The quantitative estimate of drug-likeness (QED) is 0.318. The summed E-state index contributed by atoms with van der Waals surface area (Å²) in [4.78, 5) is 33.8. The van der Waals surface area contributed by atoms with Crippen molar-refractivity contribution in [3.63, 3.8) is 0 Å². The first kappa shape index (κ1) is 28.3. The first-order valence-corrected chi connectivity index (χ1v) is 14.7. The van der Waals surface area contributed by atoms with Gasteiger partial charge in [-0.05, 0) is 80.3 Å². The van der Waals surface area contributed by atoms with Crippen LogP contribution in [0.1, 0.15) is 84.6 Å². The number of aryl methyl sites for hydroxylation is 1. The molecule has 2 amide bonds. The highest BCUT2D eigenvalue weighted by atomic mass is 19.4. The Morgan fingerprint density at radius 2 is 1.71 bits per heavy atom. The lowest BCUT2D eigenvalue weighted by Gasteiger charge is -2.47. The molecule has 3 aliphatic rings. The van der Waals surface area contributed by atoms with Crippen molar-refractivity contribution in [2.24, 2.45) is 11.8 Å². The molecule has 10 heteroatoms. The molecular formula is C32H35F3N4O3. The molecule has 1 aliphatic heterocycles. The van der Waals surface area contributed by atoms with Crippen LogP contribution in [0.15, 0.2) is 59.5 Å². The van der Waals surface area contributed by atoms with Crippen molar-refractivity contribution in [2.75, 3.05) is 10.6 Å². The number of benzene rings is 2. The molecule has 2 aliphatic carbocycles. The van der Waals surface area contributed by atoms with E-state index in [0.29, 0.717) is 12.5 Å². The molecule has 222 valence electrons. The van der Waals surface area contributed by atoms with Gasteiger partial charge in [-0.25, -0.2) is 4.98 Å². The first-order chi connectivity index (χ1) is 20.2. The van der Waals surface area contributed by atoms with Crippen molar-refractivity contribution in [1.82, 2.24) is 9.88 Å². The lowest BCUT2D eigenvalue weighted by atomic mass is 9.76. The number of likely N-dealkylation sites (tertiary alicyclic amines) is 1. The Labute approximate surface area is 242 Å². The summed E-state index contributed by atoms with van der Waals surface area (Å²) in [6.45, 7) is 1.39. The number of carbonyl (C=O) groups excluding carboxylic acids is 2. The minimum Gasteiger partial charge on any atom is -0.451 e. The highest BCUT2D eigenvalue weighted by Gasteiger charge is 2.50. The monoisotopic (exact) mass is 580 g/mol. The molecule has 0 bridgehead atoms. The Bertz CT molecular complexity index is 1420. The fourth-order valence-electron chi connectivity index (χ4n) is 7.21. The van der Waals surface area contributed by atoms with E-state index in [0.717, 1.165) is 49.4 Å². The summed E-state index contributed by atoms with van der Waals surface area (Å²) in [5.74, 6) is -1.30. The van der Waals surface area contributed by atoms with Crippen LogP contribution >= 0.6 is 0 Å². The van der Waals surface area contributed by atoms with Gasteiger partial charge in [0.2, 0.25) is 5.91 Å². The molecule has 4 atom stereocenters. The number of halogens is 3. The van der Waals surface area contributed by atoms with Crippen LogP contribution in [0.5, 0.6) is 0 Å². The summed E-state index contributed by atoms with van der Waals surface area (Å²) < 4.78 is 46.0. The van der Waals surface area contributed by atoms with Gasteiger partial charge in [0.15, 0.2) is 12.1 Å². The smallest absolute Gasteiger partial charge is 0.416 e. The van der Waals surface area contributed by atoms with Crippen molar-refractivity contribution in [3.8, 4) is 0 Å². The molecule has 42 heavy (non-hydrogen) atoms. The zero-order valence-corrected chi connectivity index (χ0v) is 23.5. The minimum absolute atomic E-state index is 0.0734. The first-order valence-electron chi connectivity index (χ1n) is 14.7. The predicted molar refractivity (Wildman–Crippen MR) is 152 cm³/mol. The van der Waals surface area contributed by atoms with Gasteiger partial charge in [0.1, 0.15) is 6.26 Å². The number of rotatable bonds is 6. The van der Waals surface area contributed by atoms with E-state index in [1.54, 1.807) is 4.90 Å². The fraction of sp³-hybridized carbons (Fsp3) is 0.469. The number of oxazole rings is 1. The molecule has 0 spiro atoms. The Balaban J connectivity index is 1.35. The highest BCUT2D eigenvalue weighted by Crippen LogP contribution is 2.49. The SMILES string of the molecule is Cc1ccc(NC(=O)C2CC3CCCC3N(C(=O)c3cocn3)C2c2ccc(NC3CCCC3)cc2)cc1C(F)(F)F. The predicted octanol–water partition coefficient (Wildman–Crippen LogP) is 7.37. The lowest BCUT2D eigenvalue weighted by Crippen LogP contribution is -2.54. The number of alkyl halides is 3. The maximum Gasteiger partial charge on any atom is 0.416 e. The van der Waals surface area contributed by atoms with Crippen LogP contribution in [0.2, 0.25) is 0 Å². The third kappa shape index (κ3) is 5.63. The van der Waals surface area contributed by atoms with Gasteiger partial charge in [-0.15, -0.1) is 0 Å². The topological polar surface area (TPSA) is 87.5 Å². The van der Waals surface area contributed by atoms with Crippen LogP contribution in [-0.2, 0) is 11.0 Å². The molecule has 1 saturated heterocycles. The summed E-state index contributed by atoms with van der Waals surface area (Å²) in [6, 6.07) is 11.4. The number of aromatic nitrogens is 1. The Morgan fingerprint density at radius 3 is 2.40 bits per heavy atom. The molecular weight excluding hydrogens is 545 g/mol. The molecule has 6 rings (SSSR count). The summed E-state index contributed by atoms with van der Waals surface area (Å²) in [5.41, 5.74) is 1.32. The van der Waals surface area contributed by atoms with Crippen LogP contribution in [-0.4, -0.2) is 33.8 Å². The third-order valence-corrected chi connectivity index (χ3v) is 9.23. The normalized spacial score (nSPS) is 24.4. The maximum absolute atomic E-state index is 14.0. The van der Waals surface area contributed by atoms with Crippen LogP contribution < -0.4 is 10.6 Å². The number of hydrogen-bond acceptors (Lipinski definition) is 5. The molecule has 2 N–H and O–H groups in total. The lowest BCUT2D eigenvalue weighted by molar-refractivity contribution is -0.138. The van der Waals surface area contributed by atoms with Gasteiger partial charge >= 0.3 is 6.18 Å². The zero-order valence-electron chi connectivity index (χ0n) is 23.5. The summed E-state index contributed by atoms with van der Waals surface area (Å²) in [7, 11) is 0. The van der Waals surface area contributed by atoms with E-state index >= 15 is 0 Å². The molecule has 1 aromatic heterocycles. The molecule has 2 saturated carbocycles. The van der Waals surface area contributed by atoms with Crippen LogP contribution in [0, 0.1) is 18.8 Å². The number of anilines is 2. The number of carbonyl (C=O) groups is 2. The Hall–Kier alpha value is -3.82. The maximum atomic E-state index is 14.0. The van der Waals surface area contributed by atoms with Gasteiger partial charge in [0, 0.05) is 23.5 Å². The summed E-state index contributed by atoms with van der Waals surface area (Å²) >= 11 is 0. The molecule has 3 aromatic rings. The minimum atomic E-state index is -4.54. The van der Waals surface area contributed by atoms with Crippen molar-refractivity contribution >= 4 is 23.2 Å². The van der Waals surface area contributed by atoms with Crippen LogP contribution in [0.4, 0.5) is 24.5 Å².